The Labute approximate surface area is 152 Å². The van der Waals surface area contributed by atoms with Crippen LogP contribution < -0.4 is 10.6 Å². The lowest BCUT2D eigenvalue weighted by atomic mass is 10.1. The van der Waals surface area contributed by atoms with Gasteiger partial charge in [-0.3, -0.25) is 4.99 Å². The molecule has 3 aromatic rings. The van der Waals surface area contributed by atoms with Gasteiger partial charge in [-0.15, -0.1) is 11.3 Å². The van der Waals surface area contributed by atoms with E-state index in [-0.39, 0.29) is 0 Å². The average molecular weight is 353 g/mol. The van der Waals surface area contributed by atoms with Crippen LogP contribution in [-0.2, 0) is 19.5 Å². The Hall–Kier alpha value is -2.60. The summed E-state index contributed by atoms with van der Waals surface area (Å²) in [6.45, 7) is 2.48. The molecule has 0 saturated heterocycles. The van der Waals surface area contributed by atoms with Gasteiger partial charge < -0.3 is 15.2 Å². The molecule has 0 aliphatic rings. The van der Waals surface area contributed by atoms with Gasteiger partial charge in [-0.25, -0.2) is 4.98 Å². The van der Waals surface area contributed by atoms with Gasteiger partial charge in [0.2, 0.25) is 0 Å². The average Bonchev–Trinajstić information content (AvgIpc) is 3.33. The van der Waals surface area contributed by atoms with E-state index in [1.54, 1.807) is 24.6 Å². The zero-order valence-electron chi connectivity index (χ0n) is 14.4. The van der Waals surface area contributed by atoms with Crippen LogP contribution in [0, 0.1) is 0 Å². The lowest BCUT2D eigenvalue weighted by molar-refractivity contribution is 0.789. The van der Waals surface area contributed by atoms with Gasteiger partial charge in [-0.05, 0) is 29.0 Å². The molecule has 0 spiro atoms. The van der Waals surface area contributed by atoms with Crippen molar-refractivity contribution in [2.75, 3.05) is 13.6 Å². The summed E-state index contributed by atoms with van der Waals surface area (Å²) in [4.78, 5) is 9.73. The highest BCUT2D eigenvalue weighted by atomic mass is 32.1. The molecule has 0 radical (unpaired) electrons. The van der Waals surface area contributed by atoms with Crippen LogP contribution in [-0.4, -0.2) is 29.1 Å². The minimum atomic E-state index is 0.754. The SMILES string of the molecule is CN=C(NCCc1cccs1)NCc1ccc(Cn2ccnc2)cc1. The summed E-state index contributed by atoms with van der Waals surface area (Å²) in [6, 6.07) is 12.9. The van der Waals surface area contributed by atoms with Crippen molar-refractivity contribution in [3.8, 4) is 0 Å². The van der Waals surface area contributed by atoms with Gasteiger partial charge >= 0.3 is 0 Å². The van der Waals surface area contributed by atoms with E-state index in [9.17, 15) is 0 Å². The largest absolute Gasteiger partial charge is 0.356 e. The number of nitrogens with zero attached hydrogens (tertiary/aromatic N) is 3. The van der Waals surface area contributed by atoms with Crippen LogP contribution in [0.15, 0.2) is 65.5 Å². The lowest BCUT2D eigenvalue weighted by Gasteiger charge is -2.12. The number of aromatic nitrogens is 2. The number of guanidine groups is 1. The monoisotopic (exact) mass is 353 g/mol. The molecule has 5 nitrogen and oxygen atoms in total. The maximum Gasteiger partial charge on any atom is 0.191 e. The maximum absolute atomic E-state index is 4.28. The normalized spacial score (nSPS) is 11.5. The Morgan fingerprint density at radius 3 is 2.68 bits per heavy atom. The van der Waals surface area contributed by atoms with E-state index >= 15 is 0 Å². The van der Waals surface area contributed by atoms with E-state index < -0.39 is 0 Å². The van der Waals surface area contributed by atoms with E-state index in [1.807, 2.05) is 12.5 Å². The third-order valence-corrected chi connectivity index (χ3v) is 4.81. The Morgan fingerprint density at radius 2 is 2.00 bits per heavy atom. The second kappa shape index (κ2) is 9.03. The highest BCUT2D eigenvalue weighted by Crippen LogP contribution is 2.08. The predicted octanol–water partition coefficient (Wildman–Crippen LogP) is 2.90. The molecule has 2 aromatic heterocycles. The second-order valence-corrected chi connectivity index (χ2v) is 6.77. The molecule has 0 aliphatic heterocycles. The first-order valence-corrected chi connectivity index (χ1v) is 9.22. The summed E-state index contributed by atoms with van der Waals surface area (Å²) in [6.07, 6.45) is 6.62. The smallest absolute Gasteiger partial charge is 0.191 e. The van der Waals surface area contributed by atoms with Gasteiger partial charge in [0.1, 0.15) is 0 Å². The molecule has 130 valence electrons. The fourth-order valence-corrected chi connectivity index (χ4v) is 3.23. The molecular formula is C19H23N5S. The molecule has 2 heterocycles. The van der Waals surface area contributed by atoms with Crippen LogP contribution in [0.3, 0.4) is 0 Å². The zero-order valence-corrected chi connectivity index (χ0v) is 15.2. The summed E-state index contributed by atoms with van der Waals surface area (Å²) in [5.74, 6) is 0.832. The van der Waals surface area contributed by atoms with Crippen LogP contribution >= 0.6 is 11.3 Å². The lowest BCUT2D eigenvalue weighted by Crippen LogP contribution is -2.37. The van der Waals surface area contributed by atoms with Gasteiger partial charge in [0.25, 0.3) is 0 Å². The first-order chi connectivity index (χ1) is 12.3. The van der Waals surface area contributed by atoms with Gasteiger partial charge in [-0.2, -0.15) is 0 Å². The summed E-state index contributed by atoms with van der Waals surface area (Å²) < 4.78 is 2.06. The molecule has 6 heteroatoms. The minimum Gasteiger partial charge on any atom is -0.356 e. The summed E-state index contributed by atoms with van der Waals surface area (Å²) in [5, 5.41) is 8.82. The Morgan fingerprint density at radius 1 is 1.16 bits per heavy atom. The van der Waals surface area contributed by atoms with Gasteiger partial charge in [0.15, 0.2) is 5.96 Å². The van der Waals surface area contributed by atoms with E-state index in [0.717, 1.165) is 32.0 Å². The third-order valence-electron chi connectivity index (χ3n) is 3.87. The number of nitrogens with one attached hydrogen (secondary N) is 2. The predicted molar refractivity (Wildman–Crippen MR) is 104 cm³/mol. The van der Waals surface area contributed by atoms with Crippen LogP contribution in [0.1, 0.15) is 16.0 Å². The molecule has 0 unspecified atom stereocenters. The van der Waals surface area contributed by atoms with Crippen molar-refractivity contribution < 1.29 is 0 Å². The zero-order chi connectivity index (χ0) is 17.3. The van der Waals surface area contributed by atoms with E-state index in [1.165, 1.54) is 16.0 Å². The third kappa shape index (κ3) is 5.46. The second-order valence-electron chi connectivity index (χ2n) is 5.73. The number of benzene rings is 1. The first kappa shape index (κ1) is 17.2. The topological polar surface area (TPSA) is 54.2 Å². The maximum atomic E-state index is 4.28. The number of rotatable bonds is 7. The minimum absolute atomic E-state index is 0.754. The highest BCUT2D eigenvalue weighted by Gasteiger charge is 2.00. The van der Waals surface area contributed by atoms with E-state index in [4.69, 9.17) is 0 Å². The van der Waals surface area contributed by atoms with Gasteiger partial charge in [0.05, 0.1) is 6.33 Å². The van der Waals surface area contributed by atoms with Crippen molar-refractivity contribution in [3.63, 3.8) is 0 Å². The Bertz CT molecular complexity index is 761. The molecular weight excluding hydrogens is 330 g/mol. The molecule has 0 saturated carbocycles. The fourth-order valence-electron chi connectivity index (χ4n) is 2.52. The van der Waals surface area contributed by atoms with Crippen molar-refractivity contribution in [3.05, 3.63) is 76.5 Å². The molecule has 0 aliphatic carbocycles. The van der Waals surface area contributed by atoms with Crippen LogP contribution in [0.25, 0.3) is 0 Å². The Kier molecular flexibility index (Phi) is 6.23. The van der Waals surface area contributed by atoms with E-state index in [2.05, 4.69) is 67.0 Å². The van der Waals surface area contributed by atoms with Crippen LogP contribution in [0.5, 0.6) is 0 Å². The molecule has 1 aromatic carbocycles. The van der Waals surface area contributed by atoms with Crippen LogP contribution in [0.2, 0.25) is 0 Å². The van der Waals surface area contributed by atoms with E-state index in [0.29, 0.717) is 0 Å². The van der Waals surface area contributed by atoms with Crippen LogP contribution in [0.4, 0.5) is 0 Å². The molecule has 0 atom stereocenters. The molecule has 0 bridgehead atoms. The molecule has 3 rings (SSSR count). The number of aliphatic imine (C=N–C) groups is 1. The van der Waals surface area contributed by atoms with Gasteiger partial charge in [0, 0.05) is 44.0 Å². The van der Waals surface area contributed by atoms with Crippen molar-refractivity contribution in [2.24, 2.45) is 4.99 Å². The molecule has 0 fully saturated rings. The van der Waals surface area contributed by atoms with Gasteiger partial charge in [-0.1, -0.05) is 30.3 Å². The van der Waals surface area contributed by atoms with Crippen molar-refractivity contribution in [1.29, 1.82) is 0 Å². The molecule has 0 amide bonds. The van der Waals surface area contributed by atoms with Crippen molar-refractivity contribution in [2.45, 2.75) is 19.5 Å². The molecule has 2 N–H and O–H groups in total. The summed E-state index contributed by atoms with van der Waals surface area (Å²) in [7, 11) is 1.80. The number of hydrogen-bond acceptors (Lipinski definition) is 3. The number of thiophene rings is 1. The summed E-state index contributed by atoms with van der Waals surface area (Å²) >= 11 is 1.79. The van der Waals surface area contributed by atoms with Crippen molar-refractivity contribution >= 4 is 17.3 Å². The molecule has 25 heavy (non-hydrogen) atoms. The number of imidazole rings is 1. The standard InChI is InChI=1S/C19H23N5S/c1-20-19(22-9-8-18-3-2-12-25-18)23-13-16-4-6-17(7-5-16)14-24-11-10-21-15-24/h2-7,10-12,15H,8-9,13-14H2,1H3,(H2,20,22,23). The fraction of sp³-hybridized carbons (Fsp3) is 0.263. The quantitative estimate of drug-likeness (QED) is 0.507. The first-order valence-electron chi connectivity index (χ1n) is 8.34. The summed E-state index contributed by atoms with van der Waals surface area (Å²) in [5.41, 5.74) is 2.50. The Balaban J connectivity index is 1.43. The number of hydrogen-bond donors (Lipinski definition) is 2. The van der Waals surface area contributed by atoms with Crippen molar-refractivity contribution in [1.82, 2.24) is 20.2 Å². The highest BCUT2D eigenvalue weighted by molar-refractivity contribution is 7.09.